The predicted molar refractivity (Wildman–Crippen MR) is 133 cm³/mol. The molecule has 10 heteroatoms. The van der Waals surface area contributed by atoms with Crippen LogP contribution in [-0.4, -0.2) is 27.0 Å². The van der Waals surface area contributed by atoms with Crippen LogP contribution >= 0.6 is 31.2 Å². The Kier molecular flexibility index (Phi) is 9.07. The molecule has 0 heterocycles. The molecule has 1 atom stereocenters. The van der Waals surface area contributed by atoms with Crippen molar-refractivity contribution in [3.05, 3.63) is 82.9 Å². The smallest absolute Gasteiger partial charge is 0.469 e. The maximum Gasteiger partial charge on any atom is 0.469 e. The number of aromatic hydroxyl groups is 1. The summed E-state index contributed by atoms with van der Waals surface area (Å²) >= 11 is 7.83. The van der Waals surface area contributed by atoms with Crippen LogP contribution < -0.4 is 10.5 Å². The number of phosphoric acid groups is 1. The lowest BCUT2D eigenvalue weighted by molar-refractivity contribution is 0.154. The van der Waals surface area contributed by atoms with Gasteiger partial charge < -0.3 is 25.4 Å². The van der Waals surface area contributed by atoms with Gasteiger partial charge in [0.2, 0.25) is 0 Å². The molecule has 0 fully saturated rings. The number of hydrogen-bond acceptors (Lipinski definition) is 6. The third-order valence-corrected chi connectivity index (χ3v) is 6.81. The number of benzene rings is 3. The van der Waals surface area contributed by atoms with E-state index >= 15 is 0 Å². The highest BCUT2D eigenvalue weighted by atomic mass is 35.5. The molecule has 0 aliphatic rings. The first-order valence-corrected chi connectivity index (χ1v) is 13.2. The summed E-state index contributed by atoms with van der Waals surface area (Å²) in [6.45, 7) is 1.82. The van der Waals surface area contributed by atoms with Gasteiger partial charge in [-0.05, 0) is 61.2 Å². The largest absolute Gasteiger partial charge is 0.507 e. The first kappa shape index (κ1) is 26.6. The van der Waals surface area contributed by atoms with Crippen molar-refractivity contribution in [1.82, 2.24) is 0 Å². The average Bonchev–Trinajstić information content (AvgIpc) is 2.78. The van der Waals surface area contributed by atoms with Gasteiger partial charge in [-0.2, -0.15) is 0 Å². The second kappa shape index (κ2) is 11.6. The highest BCUT2D eigenvalue weighted by molar-refractivity contribution is 7.99. The molecule has 5 N–H and O–H groups in total. The van der Waals surface area contributed by atoms with Gasteiger partial charge >= 0.3 is 7.82 Å². The molecule has 182 valence electrons. The van der Waals surface area contributed by atoms with Crippen LogP contribution in [0.15, 0.2) is 76.5 Å². The number of rotatable bonds is 11. The maximum atomic E-state index is 10.9. The van der Waals surface area contributed by atoms with Gasteiger partial charge in [-0.25, -0.2) is 4.57 Å². The second-order valence-corrected chi connectivity index (χ2v) is 10.9. The summed E-state index contributed by atoms with van der Waals surface area (Å²) in [6, 6.07) is 20.5. The monoisotopic (exact) mass is 523 g/mol. The Morgan fingerprint density at radius 3 is 2.50 bits per heavy atom. The Labute approximate surface area is 208 Å². The van der Waals surface area contributed by atoms with Gasteiger partial charge in [0.05, 0.1) is 11.5 Å². The lowest BCUT2D eigenvalue weighted by atomic mass is 9.95. The van der Waals surface area contributed by atoms with E-state index in [1.54, 1.807) is 31.2 Å². The quantitative estimate of drug-likeness (QED) is 0.242. The van der Waals surface area contributed by atoms with E-state index in [0.717, 1.165) is 16.0 Å². The highest BCUT2D eigenvalue weighted by Gasteiger charge is 2.24. The molecule has 0 aromatic heterocycles. The van der Waals surface area contributed by atoms with E-state index in [9.17, 15) is 9.67 Å². The van der Waals surface area contributed by atoms with Gasteiger partial charge in [-0.3, -0.25) is 4.52 Å². The molecule has 0 unspecified atom stereocenters. The van der Waals surface area contributed by atoms with Crippen LogP contribution in [0.2, 0.25) is 5.02 Å². The van der Waals surface area contributed by atoms with Crippen molar-refractivity contribution in [3.63, 3.8) is 0 Å². The van der Waals surface area contributed by atoms with Gasteiger partial charge in [0, 0.05) is 15.5 Å². The molecule has 3 aromatic carbocycles. The average molecular weight is 524 g/mol. The lowest BCUT2D eigenvalue weighted by Crippen LogP contribution is -2.41. The van der Waals surface area contributed by atoms with Crippen LogP contribution in [0, 0.1) is 0 Å². The Morgan fingerprint density at radius 2 is 1.82 bits per heavy atom. The molecular weight excluding hydrogens is 497 g/mol. The lowest BCUT2D eigenvalue weighted by Gasteiger charge is -2.24. The Balaban J connectivity index is 1.62. The van der Waals surface area contributed by atoms with E-state index in [1.807, 2.05) is 42.5 Å². The standard InChI is InChI=1S/C24H27ClNO6PS/c1-24(26,16-32-33(28,29)30)12-11-18-7-9-20(14-21(18)25)34-23-13-19(8-10-22(23)27)31-15-17-5-3-2-4-6-17/h2-10,13-14,27H,11-12,15-16,26H2,1H3,(H2,28,29,30)/t24-/m0/s1. The van der Waals surface area contributed by atoms with Crippen LogP contribution in [0.4, 0.5) is 0 Å². The van der Waals surface area contributed by atoms with E-state index in [2.05, 4.69) is 4.52 Å². The number of halogens is 1. The van der Waals surface area contributed by atoms with E-state index in [-0.39, 0.29) is 12.4 Å². The summed E-state index contributed by atoms with van der Waals surface area (Å²) in [5.41, 5.74) is 7.06. The van der Waals surface area contributed by atoms with Crippen molar-refractivity contribution in [1.29, 1.82) is 0 Å². The third kappa shape index (κ3) is 8.64. The van der Waals surface area contributed by atoms with Crippen LogP contribution in [0.25, 0.3) is 0 Å². The zero-order chi connectivity index (χ0) is 24.8. The van der Waals surface area contributed by atoms with Crippen molar-refractivity contribution in [2.75, 3.05) is 6.61 Å². The summed E-state index contributed by atoms with van der Waals surface area (Å²) in [5.74, 6) is 0.785. The highest BCUT2D eigenvalue weighted by Crippen LogP contribution is 2.39. The predicted octanol–water partition coefficient (Wildman–Crippen LogP) is 5.54. The van der Waals surface area contributed by atoms with Gasteiger partial charge in [-0.1, -0.05) is 59.8 Å². The third-order valence-electron chi connectivity index (χ3n) is 4.96. The van der Waals surface area contributed by atoms with Crippen molar-refractivity contribution >= 4 is 31.2 Å². The SMILES string of the molecule is C[C@](N)(CCc1ccc(Sc2cc(OCc3ccccc3)ccc2O)cc1Cl)COP(=O)(O)O. The number of phenols is 1. The fourth-order valence-corrected chi connectivity index (χ4v) is 4.77. The summed E-state index contributed by atoms with van der Waals surface area (Å²) in [4.78, 5) is 19.2. The summed E-state index contributed by atoms with van der Waals surface area (Å²) in [6.07, 6.45) is 0.927. The number of phosphoric ester groups is 1. The van der Waals surface area contributed by atoms with Crippen LogP contribution in [-0.2, 0) is 22.1 Å². The van der Waals surface area contributed by atoms with E-state index in [4.69, 9.17) is 31.9 Å². The molecule has 0 saturated carbocycles. The molecule has 0 amide bonds. The first-order valence-electron chi connectivity index (χ1n) is 10.5. The molecule has 0 bridgehead atoms. The second-order valence-electron chi connectivity index (χ2n) is 8.18. The fourth-order valence-electron chi connectivity index (χ4n) is 3.05. The van der Waals surface area contributed by atoms with Crippen molar-refractivity contribution < 1.29 is 28.7 Å². The van der Waals surface area contributed by atoms with E-state index in [0.29, 0.717) is 35.1 Å². The Morgan fingerprint density at radius 1 is 1.09 bits per heavy atom. The van der Waals surface area contributed by atoms with Gasteiger partial charge in [0.15, 0.2) is 0 Å². The van der Waals surface area contributed by atoms with Crippen molar-refractivity contribution in [2.45, 2.75) is 41.7 Å². The molecule has 0 radical (unpaired) electrons. The molecule has 3 aromatic rings. The Bertz CT molecular complexity index is 1160. The van der Waals surface area contributed by atoms with Gasteiger partial charge in [0.25, 0.3) is 0 Å². The van der Waals surface area contributed by atoms with E-state index < -0.39 is 13.4 Å². The molecular formula is C24H27ClNO6PS. The zero-order valence-electron chi connectivity index (χ0n) is 18.6. The number of hydrogen-bond donors (Lipinski definition) is 4. The number of ether oxygens (including phenoxy) is 1. The topological polar surface area (TPSA) is 122 Å². The van der Waals surface area contributed by atoms with Crippen molar-refractivity contribution in [2.24, 2.45) is 5.73 Å². The normalized spacial score (nSPS) is 13.4. The molecule has 7 nitrogen and oxygen atoms in total. The first-order chi connectivity index (χ1) is 16.0. The van der Waals surface area contributed by atoms with E-state index in [1.165, 1.54) is 11.8 Å². The van der Waals surface area contributed by atoms with Gasteiger partial charge in [0.1, 0.15) is 18.1 Å². The number of phenolic OH excluding ortho intramolecular Hbond substituents is 1. The molecule has 0 aliphatic carbocycles. The molecule has 34 heavy (non-hydrogen) atoms. The van der Waals surface area contributed by atoms with Crippen LogP contribution in [0.3, 0.4) is 0 Å². The summed E-state index contributed by atoms with van der Waals surface area (Å²) in [5, 5.41) is 10.8. The molecule has 0 saturated heterocycles. The maximum absolute atomic E-state index is 10.9. The number of aryl methyl sites for hydroxylation is 1. The van der Waals surface area contributed by atoms with Crippen LogP contribution in [0.1, 0.15) is 24.5 Å². The molecule has 3 rings (SSSR count). The minimum absolute atomic E-state index is 0.140. The van der Waals surface area contributed by atoms with Gasteiger partial charge in [-0.15, -0.1) is 0 Å². The number of nitrogens with two attached hydrogens (primary N) is 1. The zero-order valence-corrected chi connectivity index (χ0v) is 21.0. The summed E-state index contributed by atoms with van der Waals surface area (Å²) < 4.78 is 21.3. The summed E-state index contributed by atoms with van der Waals surface area (Å²) in [7, 11) is -4.57. The van der Waals surface area contributed by atoms with Crippen LogP contribution in [0.5, 0.6) is 11.5 Å². The fraction of sp³-hybridized carbons (Fsp3) is 0.250. The molecule has 0 spiro atoms. The molecule has 0 aliphatic heterocycles. The minimum atomic E-state index is -4.57. The Hall–Kier alpha value is -2.03. The minimum Gasteiger partial charge on any atom is -0.507 e. The van der Waals surface area contributed by atoms with Crippen molar-refractivity contribution in [3.8, 4) is 11.5 Å².